The van der Waals surface area contributed by atoms with E-state index in [1.165, 1.54) is 0 Å². The second-order valence-corrected chi connectivity index (χ2v) is 6.05. The third-order valence-corrected chi connectivity index (χ3v) is 4.45. The average Bonchev–Trinajstić information content (AvgIpc) is 2.98. The summed E-state index contributed by atoms with van der Waals surface area (Å²) in [6, 6.07) is 13.9. The van der Waals surface area contributed by atoms with Gasteiger partial charge in [-0.2, -0.15) is 0 Å². The molecule has 1 aromatic heterocycles. The number of nitrogens with one attached hydrogen (secondary N) is 2. The largest absolute Gasteiger partial charge is 0.480 e. The van der Waals surface area contributed by atoms with Gasteiger partial charge in [0.15, 0.2) is 0 Å². The van der Waals surface area contributed by atoms with Crippen LogP contribution < -0.4 is 5.32 Å². The van der Waals surface area contributed by atoms with Gasteiger partial charge in [0.1, 0.15) is 5.54 Å². The number of carbonyl (C=O) groups is 2. The molecular formula is C18H20N2O3. The molecule has 1 aromatic carbocycles. The molecule has 1 amide bonds. The number of carboxylic acid groups (broad SMARTS) is 1. The Labute approximate surface area is 134 Å². The molecule has 1 heterocycles. The van der Waals surface area contributed by atoms with Gasteiger partial charge < -0.3 is 15.4 Å². The van der Waals surface area contributed by atoms with E-state index in [9.17, 15) is 14.7 Å². The molecule has 23 heavy (non-hydrogen) atoms. The third kappa shape index (κ3) is 3.28. The molecule has 0 aliphatic heterocycles. The van der Waals surface area contributed by atoms with Gasteiger partial charge >= 0.3 is 5.97 Å². The summed E-state index contributed by atoms with van der Waals surface area (Å²) in [5, 5.41) is 11.9. The maximum absolute atomic E-state index is 12.0. The van der Waals surface area contributed by atoms with E-state index < -0.39 is 11.5 Å². The molecule has 1 saturated carbocycles. The van der Waals surface area contributed by atoms with E-state index in [-0.39, 0.29) is 12.3 Å². The molecule has 0 bridgehead atoms. The van der Waals surface area contributed by atoms with E-state index in [1.54, 1.807) is 0 Å². The number of benzene rings is 1. The molecule has 0 radical (unpaired) electrons. The van der Waals surface area contributed by atoms with Crippen molar-refractivity contribution in [2.75, 3.05) is 0 Å². The van der Waals surface area contributed by atoms with Crippen molar-refractivity contribution in [1.82, 2.24) is 10.3 Å². The van der Waals surface area contributed by atoms with Gasteiger partial charge in [-0.1, -0.05) is 30.3 Å². The summed E-state index contributed by atoms with van der Waals surface area (Å²) in [6.45, 7) is 0. The highest BCUT2D eigenvalue weighted by atomic mass is 16.4. The predicted molar refractivity (Wildman–Crippen MR) is 86.9 cm³/mol. The maximum atomic E-state index is 12.0. The van der Waals surface area contributed by atoms with Gasteiger partial charge in [-0.15, -0.1) is 0 Å². The first-order valence-corrected chi connectivity index (χ1v) is 7.87. The lowest BCUT2D eigenvalue weighted by atomic mass is 9.76. The lowest BCUT2D eigenvalue weighted by Crippen LogP contribution is -2.59. The molecule has 0 saturated heterocycles. The minimum absolute atomic E-state index is 0.206. The Bertz CT molecular complexity index is 702. The number of aromatic amines is 1. The van der Waals surface area contributed by atoms with E-state index in [1.807, 2.05) is 42.5 Å². The first kappa shape index (κ1) is 15.3. The van der Waals surface area contributed by atoms with Crippen LogP contribution in [0.25, 0.3) is 11.3 Å². The molecule has 5 nitrogen and oxygen atoms in total. The Morgan fingerprint density at radius 1 is 1.13 bits per heavy atom. The minimum Gasteiger partial charge on any atom is -0.480 e. The molecular weight excluding hydrogens is 292 g/mol. The number of carboxylic acids is 1. The van der Waals surface area contributed by atoms with Gasteiger partial charge in [-0.05, 0) is 43.4 Å². The third-order valence-electron chi connectivity index (χ3n) is 4.45. The van der Waals surface area contributed by atoms with Crippen LogP contribution in [0.2, 0.25) is 0 Å². The molecule has 120 valence electrons. The molecule has 1 aliphatic rings. The van der Waals surface area contributed by atoms with E-state index in [0.29, 0.717) is 19.3 Å². The smallest absolute Gasteiger partial charge is 0.329 e. The molecule has 3 rings (SSSR count). The molecule has 1 fully saturated rings. The van der Waals surface area contributed by atoms with E-state index in [2.05, 4.69) is 10.3 Å². The Kier molecular flexibility index (Phi) is 4.19. The quantitative estimate of drug-likeness (QED) is 0.767. The number of rotatable bonds is 6. The first-order valence-electron chi connectivity index (χ1n) is 7.87. The highest BCUT2D eigenvalue weighted by molar-refractivity contribution is 5.87. The first-order chi connectivity index (χ1) is 11.1. The fourth-order valence-corrected chi connectivity index (χ4v) is 2.87. The van der Waals surface area contributed by atoms with Gasteiger partial charge in [0.2, 0.25) is 5.91 Å². The van der Waals surface area contributed by atoms with Gasteiger partial charge in [0.05, 0.1) is 0 Å². The fourth-order valence-electron chi connectivity index (χ4n) is 2.87. The van der Waals surface area contributed by atoms with E-state index >= 15 is 0 Å². The highest BCUT2D eigenvalue weighted by Gasteiger charge is 2.45. The number of aromatic nitrogens is 1. The van der Waals surface area contributed by atoms with Gasteiger partial charge in [-0.25, -0.2) is 4.79 Å². The maximum Gasteiger partial charge on any atom is 0.329 e. The molecule has 5 heteroatoms. The van der Waals surface area contributed by atoms with Crippen LogP contribution >= 0.6 is 0 Å². The van der Waals surface area contributed by atoms with Gasteiger partial charge in [0.25, 0.3) is 0 Å². The van der Waals surface area contributed by atoms with Crippen LogP contribution in [0.15, 0.2) is 42.5 Å². The summed E-state index contributed by atoms with van der Waals surface area (Å²) < 4.78 is 0. The van der Waals surface area contributed by atoms with Crippen molar-refractivity contribution in [2.45, 2.75) is 37.6 Å². The van der Waals surface area contributed by atoms with Crippen molar-refractivity contribution in [3.05, 3.63) is 48.2 Å². The molecule has 3 N–H and O–H groups in total. The number of aryl methyl sites for hydroxylation is 1. The van der Waals surface area contributed by atoms with Gasteiger partial charge in [-0.3, -0.25) is 4.79 Å². The Balaban J connectivity index is 1.56. The Hall–Kier alpha value is -2.56. The zero-order valence-electron chi connectivity index (χ0n) is 12.8. The zero-order valence-corrected chi connectivity index (χ0v) is 12.8. The van der Waals surface area contributed by atoms with Crippen molar-refractivity contribution in [2.24, 2.45) is 0 Å². The van der Waals surface area contributed by atoms with Gasteiger partial charge in [0, 0.05) is 17.8 Å². The van der Waals surface area contributed by atoms with Crippen LogP contribution in [-0.2, 0) is 16.0 Å². The standard InChI is InChI=1S/C18H20N2O3/c21-16(20-18(17(22)23)11-4-12-18)10-8-14-7-9-15(19-14)13-5-2-1-3-6-13/h1-3,5-7,9,19H,4,8,10-12H2,(H,20,21)(H,22,23). The Morgan fingerprint density at radius 3 is 2.48 bits per heavy atom. The molecule has 1 aliphatic carbocycles. The van der Waals surface area contributed by atoms with Crippen molar-refractivity contribution in [1.29, 1.82) is 0 Å². The van der Waals surface area contributed by atoms with Crippen LogP contribution in [0.4, 0.5) is 0 Å². The molecule has 2 aromatic rings. The summed E-state index contributed by atoms with van der Waals surface area (Å²) in [5.74, 6) is -1.13. The summed E-state index contributed by atoms with van der Waals surface area (Å²) in [5.41, 5.74) is 2.06. The number of H-pyrrole nitrogens is 1. The summed E-state index contributed by atoms with van der Waals surface area (Å²) in [4.78, 5) is 26.6. The van der Waals surface area contributed by atoms with Crippen molar-refractivity contribution < 1.29 is 14.7 Å². The highest BCUT2D eigenvalue weighted by Crippen LogP contribution is 2.32. The SMILES string of the molecule is O=C(CCc1ccc(-c2ccccc2)[nH]1)NC1(C(=O)O)CCC1. The van der Waals surface area contributed by atoms with E-state index in [0.717, 1.165) is 23.4 Å². The van der Waals surface area contributed by atoms with Crippen LogP contribution in [-0.4, -0.2) is 27.5 Å². The van der Waals surface area contributed by atoms with Crippen molar-refractivity contribution in [3.8, 4) is 11.3 Å². The zero-order chi connectivity index (χ0) is 16.3. The Morgan fingerprint density at radius 2 is 1.87 bits per heavy atom. The molecule has 0 spiro atoms. The van der Waals surface area contributed by atoms with Crippen molar-refractivity contribution >= 4 is 11.9 Å². The fraction of sp³-hybridized carbons (Fsp3) is 0.333. The second kappa shape index (κ2) is 6.28. The summed E-state index contributed by atoms with van der Waals surface area (Å²) in [6.07, 6.45) is 2.74. The predicted octanol–water partition coefficient (Wildman–Crippen LogP) is 2.74. The number of carbonyl (C=O) groups excluding carboxylic acids is 1. The number of hydrogen-bond donors (Lipinski definition) is 3. The minimum atomic E-state index is -1.03. The van der Waals surface area contributed by atoms with Crippen LogP contribution in [0, 0.1) is 0 Å². The average molecular weight is 312 g/mol. The summed E-state index contributed by atoms with van der Waals surface area (Å²) >= 11 is 0. The lowest BCUT2D eigenvalue weighted by molar-refractivity contribution is -0.151. The lowest BCUT2D eigenvalue weighted by Gasteiger charge is -2.38. The number of amides is 1. The molecule has 0 unspecified atom stereocenters. The number of aliphatic carboxylic acids is 1. The van der Waals surface area contributed by atoms with Crippen LogP contribution in [0.1, 0.15) is 31.4 Å². The normalized spacial score (nSPS) is 15.7. The topological polar surface area (TPSA) is 82.2 Å². The monoisotopic (exact) mass is 312 g/mol. The number of hydrogen-bond acceptors (Lipinski definition) is 2. The van der Waals surface area contributed by atoms with Crippen LogP contribution in [0.5, 0.6) is 0 Å². The second-order valence-electron chi connectivity index (χ2n) is 6.05. The summed E-state index contributed by atoms with van der Waals surface area (Å²) in [7, 11) is 0. The van der Waals surface area contributed by atoms with Crippen molar-refractivity contribution in [3.63, 3.8) is 0 Å². The van der Waals surface area contributed by atoms with Crippen LogP contribution in [0.3, 0.4) is 0 Å². The molecule has 0 atom stereocenters. The van der Waals surface area contributed by atoms with E-state index in [4.69, 9.17) is 0 Å².